The maximum Gasteiger partial charge on any atom is 0.195 e. The lowest BCUT2D eigenvalue weighted by atomic mass is 10.1. The molecule has 3 aromatic carbocycles. The van der Waals surface area contributed by atoms with Crippen LogP contribution in [0.3, 0.4) is 0 Å². The van der Waals surface area contributed by atoms with Gasteiger partial charge in [-0.1, -0.05) is 24.3 Å². The zero-order valence-corrected chi connectivity index (χ0v) is 14.7. The summed E-state index contributed by atoms with van der Waals surface area (Å²) in [4.78, 5) is 0. The van der Waals surface area contributed by atoms with Crippen molar-refractivity contribution < 1.29 is 22.3 Å². The molecule has 140 valence electrons. The van der Waals surface area contributed by atoms with Gasteiger partial charge in [0.2, 0.25) is 0 Å². The molecule has 0 atom stereocenters. The SMILES string of the molecule is C/C=C/CCc1ccc(COc2ccc3c(F)c(F)c(F)cc3c2)c(F)c1. The van der Waals surface area contributed by atoms with Crippen LogP contribution in [0.2, 0.25) is 0 Å². The Labute approximate surface area is 154 Å². The maximum atomic E-state index is 14.2. The summed E-state index contributed by atoms with van der Waals surface area (Å²) in [5.74, 6) is -4.07. The van der Waals surface area contributed by atoms with Gasteiger partial charge >= 0.3 is 0 Å². The molecule has 0 amide bonds. The van der Waals surface area contributed by atoms with E-state index in [0.29, 0.717) is 11.3 Å². The van der Waals surface area contributed by atoms with Gasteiger partial charge < -0.3 is 4.74 Å². The Kier molecular flexibility index (Phi) is 5.79. The van der Waals surface area contributed by atoms with Gasteiger partial charge in [-0.15, -0.1) is 0 Å². The van der Waals surface area contributed by atoms with E-state index in [1.165, 1.54) is 24.3 Å². The van der Waals surface area contributed by atoms with Crippen LogP contribution in [0.1, 0.15) is 24.5 Å². The molecule has 27 heavy (non-hydrogen) atoms. The van der Waals surface area contributed by atoms with E-state index in [4.69, 9.17) is 4.74 Å². The quantitative estimate of drug-likeness (QED) is 0.272. The van der Waals surface area contributed by atoms with Crippen molar-refractivity contribution >= 4 is 10.8 Å². The molecular formula is C22H18F4O. The van der Waals surface area contributed by atoms with Crippen LogP contribution in [0.5, 0.6) is 5.75 Å². The van der Waals surface area contributed by atoms with Crippen molar-refractivity contribution in [3.05, 3.63) is 89.0 Å². The highest BCUT2D eigenvalue weighted by atomic mass is 19.2. The van der Waals surface area contributed by atoms with E-state index in [2.05, 4.69) is 0 Å². The number of ether oxygens (including phenoxy) is 1. The number of fused-ring (bicyclic) bond motifs is 1. The average Bonchev–Trinajstić information content (AvgIpc) is 2.65. The minimum Gasteiger partial charge on any atom is -0.489 e. The lowest BCUT2D eigenvalue weighted by molar-refractivity contribution is 0.300. The lowest BCUT2D eigenvalue weighted by Gasteiger charge is -2.10. The standard InChI is InChI=1S/C22H18F4O/c1-2-3-4-5-14-6-7-15(19(23)10-14)13-27-17-8-9-18-16(11-17)12-20(24)22(26)21(18)25/h2-3,6-12H,4-5,13H2,1H3/b3-2+. The summed E-state index contributed by atoms with van der Waals surface area (Å²) < 4.78 is 60.2. The van der Waals surface area contributed by atoms with Crippen molar-refractivity contribution in [3.8, 4) is 5.75 Å². The van der Waals surface area contributed by atoms with Crippen molar-refractivity contribution in [2.45, 2.75) is 26.4 Å². The van der Waals surface area contributed by atoms with Crippen LogP contribution in [-0.2, 0) is 13.0 Å². The lowest BCUT2D eigenvalue weighted by Crippen LogP contribution is -2.00. The summed E-state index contributed by atoms with van der Waals surface area (Å²) in [6.45, 7) is 1.91. The van der Waals surface area contributed by atoms with Crippen molar-refractivity contribution in [2.75, 3.05) is 0 Å². The van der Waals surface area contributed by atoms with Crippen LogP contribution >= 0.6 is 0 Å². The van der Waals surface area contributed by atoms with Gasteiger partial charge in [-0.2, -0.15) is 0 Å². The molecule has 0 N–H and O–H groups in total. The molecule has 0 spiro atoms. The fourth-order valence-corrected chi connectivity index (χ4v) is 2.81. The number of hydrogen-bond donors (Lipinski definition) is 0. The second-order valence-corrected chi connectivity index (χ2v) is 6.19. The third kappa shape index (κ3) is 4.30. The molecule has 5 heteroatoms. The zero-order chi connectivity index (χ0) is 19.4. The highest BCUT2D eigenvalue weighted by molar-refractivity contribution is 5.84. The molecule has 1 nitrogen and oxygen atoms in total. The van der Waals surface area contributed by atoms with Crippen molar-refractivity contribution in [1.29, 1.82) is 0 Å². The highest BCUT2D eigenvalue weighted by Gasteiger charge is 2.14. The first-order chi connectivity index (χ1) is 13.0. The first-order valence-corrected chi connectivity index (χ1v) is 8.58. The second kappa shape index (κ2) is 8.25. The van der Waals surface area contributed by atoms with Crippen LogP contribution in [0.25, 0.3) is 10.8 Å². The highest BCUT2D eigenvalue weighted by Crippen LogP contribution is 2.27. The summed E-state index contributed by atoms with van der Waals surface area (Å²) in [5.41, 5.74) is 1.27. The smallest absolute Gasteiger partial charge is 0.195 e. The van der Waals surface area contributed by atoms with E-state index in [0.717, 1.165) is 24.5 Å². The zero-order valence-electron chi connectivity index (χ0n) is 14.7. The molecule has 3 aromatic rings. The monoisotopic (exact) mass is 374 g/mol. The number of benzene rings is 3. The third-order valence-electron chi connectivity index (χ3n) is 4.29. The van der Waals surface area contributed by atoms with Gasteiger partial charge in [-0.05, 0) is 61.0 Å². The summed E-state index contributed by atoms with van der Waals surface area (Å²) in [6.07, 6.45) is 5.57. The van der Waals surface area contributed by atoms with E-state index < -0.39 is 17.5 Å². The Morgan fingerprint density at radius 1 is 0.889 bits per heavy atom. The molecule has 0 aromatic heterocycles. The van der Waals surface area contributed by atoms with Crippen molar-refractivity contribution in [1.82, 2.24) is 0 Å². The van der Waals surface area contributed by atoms with Crippen molar-refractivity contribution in [3.63, 3.8) is 0 Å². The van der Waals surface area contributed by atoms with Crippen LogP contribution < -0.4 is 4.74 Å². The minimum atomic E-state index is -1.51. The largest absolute Gasteiger partial charge is 0.489 e. The van der Waals surface area contributed by atoms with Gasteiger partial charge in [0.05, 0.1) is 0 Å². The molecule has 0 saturated heterocycles. The number of allylic oxidation sites excluding steroid dienone is 2. The average molecular weight is 374 g/mol. The fraction of sp³-hybridized carbons (Fsp3) is 0.182. The molecular weight excluding hydrogens is 356 g/mol. The topological polar surface area (TPSA) is 9.23 Å². The molecule has 0 heterocycles. The number of halogens is 4. The third-order valence-corrected chi connectivity index (χ3v) is 4.29. The first-order valence-electron chi connectivity index (χ1n) is 8.58. The Morgan fingerprint density at radius 2 is 1.70 bits per heavy atom. The van der Waals surface area contributed by atoms with Gasteiger partial charge in [0.15, 0.2) is 17.5 Å². The van der Waals surface area contributed by atoms with E-state index in [9.17, 15) is 17.6 Å². The Bertz CT molecular complexity index is 995. The van der Waals surface area contributed by atoms with Gasteiger partial charge in [0.1, 0.15) is 18.2 Å². The predicted molar refractivity (Wildman–Crippen MR) is 97.7 cm³/mol. The Morgan fingerprint density at radius 3 is 2.44 bits per heavy atom. The van der Waals surface area contributed by atoms with Crippen LogP contribution in [-0.4, -0.2) is 0 Å². The molecule has 0 aliphatic rings. The molecule has 0 aliphatic heterocycles. The molecule has 0 fully saturated rings. The number of hydrogen-bond acceptors (Lipinski definition) is 1. The maximum absolute atomic E-state index is 14.2. The van der Waals surface area contributed by atoms with Crippen LogP contribution in [0.4, 0.5) is 17.6 Å². The summed E-state index contributed by atoms with van der Waals surface area (Å²) in [5, 5.41) is 0.126. The van der Waals surface area contributed by atoms with Gasteiger partial charge in [0.25, 0.3) is 0 Å². The molecule has 0 aliphatic carbocycles. The predicted octanol–water partition coefficient (Wildman–Crippen LogP) is 6.48. The molecule has 0 unspecified atom stereocenters. The summed E-state index contributed by atoms with van der Waals surface area (Å²) in [7, 11) is 0. The molecule has 0 saturated carbocycles. The normalized spacial score (nSPS) is 11.4. The Balaban J connectivity index is 1.74. The van der Waals surface area contributed by atoms with E-state index in [1.807, 2.05) is 25.1 Å². The van der Waals surface area contributed by atoms with Gasteiger partial charge in [0, 0.05) is 10.9 Å². The second-order valence-electron chi connectivity index (χ2n) is 6.19. The van der Waals surface area contributed by atoms with Crippen molar-refractivity contribution in [2.24, 2.45) is 0 Å². The molecule has 0 bridgehead atoms. The van der Waals surface area contributed by atoms with Crippen LogP contribution in [0, 0.1) is 23.3 Å². The Hall–Kier alpha value is -2.82. The minimum absolute atomic E-state index is 0.0291. The van der Waals surface area contributed by atoms with E-state index in [-0.39, 0.29) is 23.2 Å². The number of aryl methyl sites for hydroxylation is 1. The number of rotatable bonds is 6. The van der Waals surface area contributed by atoms with E-state index in [1.54, 1.807) is 6.07 Å². The summed E-state index contributed by atoms with van der Waals surface area (Å²) >= 11 is 0. The molecule has 3 rings (SSSR count). The van der Waals surface area contributed by atoms with Crippen LogP contribution in [0.15, 0.2) is 54.6 Å². The first kappa shape index (κ1) is 19.0. The fourth-order valence-electron chi connectivity index (χ4n) is 2.81. The van der Waals surface area contributed by atoms with Gasteiger partial charge in [-0.25, -0.2) is 17.6 Å². The molecule has 0 radical (unpaired) electrons. The van der Waals surface area contributed by atoms with E-state index >= 15 is 0 Å². The summed E-state index contributed by atoms with van der Waals surface area (Å²) in [6, 6.07) is 10.0. The van der Waals surface area contributed by atoms with Gasteiger partial charge in [-0.3, -0.25) is 0 Å².